The smallest absolute Gasteiger partial charge is 0.348 e. The highest BCUT2D eigenvalue weighted by atomic mass is 32.1. The molecule has 0 radical (unpaired) electrons. The van der Waals surface area contributed by atoms with E-state index in [1.807, 2.05) is 42.5 Å². The molecule has 174 valence electrons. The zero-order chi connectivity index (χ0) is 23.9. The first kappa shape index (κ1) is 23.6. The monoisotopic (exact) mass is 493 g/mol. The zero-order valence-electron chi connectivity index (χ0n) is 18.5. The summed E-state index contributed by atoms with van der Waals surface area (Å²) in [5.74, 6) is -0.835. The van der Waals surface area contributed by atoms with Crippen molar-refractivity contribution in [3.05, 3.63) is 76.7 Å². The summed E-state index contributed by atoms with van der Waals surface area (Å²) in [6, 6.07) is 18.7. The number of carbonyl (C=O) groups excluding carboxylic acids is 3. The molecule has 0 atom stereocenters. The number of thiophene rings is 1. The average Bonchev–Trinajstić information content (AvgIpc) is 3.40. The van der Waals surface area contributed by atoms with Crippen LogP contribution < -0.4 is 10.6 Å². The van der Waals surface area contributed by atoms with E-state index < -0.39 is 5.97 Å². The first-order valence-corrected chi connectivity index (χ1v) is 12.4. The fourth-order valence-corrected chi connectivity index (χ4v) is 5.26. The number of Topliss-reactive ketones (excluding diaryl/α,β-unsaturated/α-hetero) is 1. The number of para-hydroxylation sites is 1. The van der Waals surface area contributed by atoms with Gasteiger partial charge in [-0.1, -0.05) is 53.8 Å². The summed E-state index contributed by atoms with van der Waals surface area (Å²) in [7, 11) is 0. The summed E-state index contributed by atoms with van der Waals surface area (Å²) < 4.78 is 6.13. The Labute approximate surface area is 204 Å². The summed E-state index contributed by atoms with van der Waals surface area (Å²) in [5, 5.41) is 6.75. The second kappa shape index (κ2) is 11.0. The highest BCUT2D eigenvalue weighted by Gasteiger charge is 2.17. The fraction of sp³-hybridized carbons (Fsp3) is 0.200. The number of nitrogens with one attached hydrogen (secondary N) is 2. The van der Waals surface area contributed by atoms with Crippen LogP contribution in [-0.2, 0) is 16.0 Å². The number of carbonyl (C=O) groups is 3. The predicted molar refractivity (Wildman–Crippen MR) is 135 cm³/mol. The Balaban J connectivity index is 1.27. The largest absolute Gasteiger partial charge is 0.453 e. The van der Waals surface area contributed by atoms with Gasteiger partial charge in [0.05, 0.1) is 4.70 Å². The van der Waals surface area contributed by atoms with Gasteiger partial charge in [0.1, 0.15) is 9.71 Å². The molecule has 2 N–H and O–H groups in total. The van der Waals surface area contributed by atoms with Crippen LogP contribution in [0.25, 0.3) is 9.53 Å². The molecule has 0 saturated carbocycles. The Hall–Kier alpha value is -3.56. The van der Waals surface area contributed by atoms with Gasteiger partial charge in [0.25, 0.3) is 0 Å². The summed E-state index contributed by atoms with van der Waals surface area (Å²) in [5.41, 5.74) is 2.51. The van der Waals surface area contributed by atoms with Gasteiger partial charge in [0, 0.05) is 24.7 Å². The van der Waals surface area contributed by atoms with E-state index in [1.54, 1.807) is 18.2 Å². The molecule has 0 fully saturated rings. The van der Waals surface area contributed by atoms with Crippen molar-refractivity contribution in [2.75, 3.05) is 18.5 Å². The Morgan fingerprint density at radius 2 is 1.76 bits per heavy atom. The molecule has 0 aliphatic carbocycles. The van der Waals surface area contributed by atoms with Gasteiger partial charge in [-0.3, -0.25) is 9.59 Å². The standard InChI is InChI=1S/C25H23N3O4S2/c1-16(29)26-13-5-6-17-9-11-18(12-10-17)20(30)15-32-24(31)22-14-21-23(33-22)28-25(34-21)27-19-7-3-2-4-8-19/h2-4,7-12,14H,5-6,13,15H2,1H3,(H,26,29)(H,27,28). The van der Waals surface area contributed by atoms with Gasteiger partial charge < -0.3 is 15.4 Å². The van der Waals surface area contributed by atoms with Gasteiger partial charge in [-0.05, 0) is 36.6 Å². The van der Waals surface area contributed by atoms with Crippen LogP contribution in [0.2, 0.25) is 0 Å². The van der Waals surface area contributed by atoms with Gasteiger partial charge in [0.15, 0.2) is 17.5 Å². The number of nitrogens with zero attached hydrogens (tertiary/aromatic N) is 1. The molecule has 2 aromatic carbocycles. The van der Waals surface area contributed by atoms with E-state index in [1.165, 1.54) is 29.6 Å². The summed E-state index contributed by atoms with van der Waals surface area (Å²) >= 11 is 2.70. The Morgan fingerprint density at radius 3 is 2.47 bits per heavy atom. The van der Waals surface area contributed by atoms with E-state index in [9.17, 15) is 14.4 Å². The number of ether oxygens (including phenoxy) is 1. The lowest BCUT2D eigenvalue weighted by Crippen LogP contribution is -2.21. The van der Waals surface area contributed by atoms with Crippen LogP contribution in [0.5, 0.6) is 0 Å². The average molecular weight is 494 g/mol. The van der Waals surface area contributed by atoms with Crippen molar-refractivity contribution < 1.29 is 19.1 Å². The number of hydrogen-bond acceptors (Lipinski definition) is 8. The first-order chi connectivity index (χ1) is 16.5. The van der Waals surface area contributed by atoms with Gasteiger partial charge >= 0.3 is 5.97 Å². The lowest BCUT2D eigenvalue weighted by Gasteiger charge is -2.05. The van der Waals surface area contributed by atoms with E-state index >= 15 is 0 Å². The van der Waals surface area contributed by atoms with Crippen LogP contribution in [0.3, 0.4) is 0 Å². The van der Waals surface area contributed by atoms with Crippen LogP contribution >= 0.6 is 22.7 Å². The summed E-state index contributed by atoms with van der Waals surface area (Å²) in [6.07, 6.45) is 1.62. The lowest BCUT2D eigenvalue weighted by atomic mass is 10.1. The molecule has 7 nitrogen and oxygen atoms in total. The van der Waals surface area contributed by atoms with E-state index in [-0.39, 0.29) is 18.3 Å². The number of rotatable bonds is 10. The van der Waals surface area contributed by atoms with E-state index in [0.717, 1.165) is 38.8 Å². The second-order valence-electron chi connectivity index (χ2n) is 7.57. The summed E-state index contributed by atoms with van der Waals surface area (Å²) in [6.45, 7) is 1.79. The number of benzene rings is 2. The molecule has 0 spiro atoms. The molecular weight excluding hydrogens is 470 g/mol. The van der Waals surface area contributed by atoms with Gasteiger partial charge in [-0.15, -0.1) is 11.3 Å². The number of amides is 1. The Bertz CT molecular complexity index is 1270. The van der Waals surface area contributed by atoms with E-state index in [2.05, 4.69) is 15.6 Å². The first-order valence-electron chi connectivity index (χ1n) is 10.7. The molecule has 34 heavy (non-hydrogen) atoms. The van der Waals surface area contributed by atoms with Crippen molar-refractivity contribution in [2.24, 2.45) is 0 Å². The molecule has 0 unspecified atom stereocenters. The maximum atomic E-state index is 12.4. The minimum atomic E-state index is -0.532. The topological polar surface area (TPSA) is 97.4 Å². The maximum Gasteiger partial charge on any atom is 0.348 e. The minimum absolute atomic E-state index is 0.0426. The third kappa shape index (κ3) is 6.27. The molecule has 0 aliphatic heterocycles. The number of thiazole rings is 1. The van der Waals surface area contributed by atoms with Crippen LogP contribution in [0.15, 0.2) is 60.7 Å². The molecule has 0 bridgehead atoms. The molecule has 9 heteroatoms. The highest BCUT2D eigenvalue weighted by molar-refractivity contribution is 7.29. The van der Waals surface area contributed by atoms with Gasteiger partial charge in [-0.2, -0.15) is 0 Å². The number of fused-ring (bicyclic) bond motifs is 1. The van der Waals surface area contributed by atoms with Crippen LogP contribution in [0.1, 0.15) is 38.9 Å². The Kier molecular flexibility index (Phi) is 7.66. The molecule has 0 saturated heterocycles. The second-order valence-corrected chi connectivity index (χ2v) is 9.63. The van der Waals surface area contributed by atoms with E-state index in [0.29, 0.717) is 17.0 Å². The molecule has 4 rings (SSSR count). The molecular formula is C25H23N3O4S2. The van der Waals surface area contributed by atoms with E-state index in [4.69, 9.17) is 4.74 Å². The molecule has 2 heterocycles. The molecule has 4 aromatic rings. The van der Waals surface area contributed by atoms with Crippen molar-refractivity contribution in [1.29, 1.82) is 0 Å². The third-order valence-electron chi connectivity index (χ3n) is 4.94. The number of hydrogen-bond donors (Lipinski definition) is 2. The number of anilines is 2. The van der Waals surface area contributed by atoms with Crippen LogP contribution in [0.4, 0.5) is 10.8 Å². The normalized spacial score (nSPS) is 10.7. The quantitative estimate of drug-likeness (QED) is 0.179. The van der Waals surface area contributed by atoms with Crippen molar-refractivity contribution in [2.45, 2.75) is 19.8 Å². The third-order valence-corrected chi connectivity index (χ3v) is 7.00. The fourth-order valence-electron chi connectivity index (χ4n) is 3.23. The predicted octanol–water partition coefficient (Wildman–Crippen LogP) is 5.21. The number of aryl methyl sites for hydroxylation is 1. The highest BCUT2D eigenvalue weighted by Crippen LogP contribution is 2.34. The lowest BCUT2D eigenvalue weighted by molar-refractivity contribution is -0.118. The van der Waals surface area contributed by atoms with Gasteiger partial charge in [-0.25, -0.2) is 9.78 Å². The summed E-state index contributed by atoms with van der Waals surface area (Å²) in [4.78, 5) is 41.5. The van der Waals surface area contributed by atoms with Crippen molar-refractivity contribution in [1.82, 2.24) is 10.3 Å². The zero-order valence-corrected chi connectivity index (χ0v) is 20.1. The molecule has 0 aliphatic rings. The number of ketones is 1. The SMILES string of the molecule is CC(=O)NCCCc1ccc(C(=O)COC(=O)c2cc3sc(Nc4ccccc4)nc3s2)cc1. The maximum absolute atomic E-state index is 12.4. The van der Waals surface area contributed by atoms with Gasteiger partial charge in [0.2, 0.25) is 5.91 Å². The Morgan fingerprint density at radius 1 is 1.00 bits per heavy atom. The van der Waals surface area contributed by atoms with Crippen LogP contribution in [0, 0.1) is 0 Å². The van der Waals surface area contributed by atoms with Crippen molar-refractivity contribution in [3.63, 3.8) is 0 Å². The van der Waals surface area contributed by atoms with Crippen LogP contribution in [-0.4, -0.2) is 35.8 Å². The van der Waals surface area contributed by atoms with Crippen molar-refractivity contribution in [3.8, 4) is 0 Å². The molecule has 1 amide bonds. The van der Waals surface area contributed by atoms with Crippen molar-refractivity contribution >= 4 is 60.7 Å². The molecule has 2 aromatic heterocycles. The number of esters is 1. The number of aromatic nitrogens is 1. The minimum Gasteiger partial charge on any atom is -0.453 e.